The van der Waals surface area contributed by atoms with E-state index in [4.69, 9.17) is 4.74 Å². The van der Waals surface area contributed by atoms with Crippen molar-refractivity contribution in [2.75, 3.05) is 12.4 Å². The van der Waals surface area contributed by atoms with Crippen molar-refractivity contribution in [3.05, 3.63) is 35.5 Å². The summed E-state index contributed by atoms with van der Waals surface area (Å²) in [5, 5.41) is 5.00. The fourth-order valence-corrected chi connectivity index (χ4v) is 1.70. The number of hydrogen-bond donors (Lipinski definition) is 1. The molecule has 1 amide bonds. The number of pyridine rings is 1. The standard InChI is InChI=1S/C10H9N3O2S/c1-15-9-7(3-2-4-11-9)8(14)13-10-12-5-6-16-10/h2-6H,1H3,(H,12,13,14). The second-order valence-corrected chi connectivity index (χ2v) is 3.75. The lowest BCUT2D eigenvalue weighted by Crippen LogP contribution is -2.13. The van der Waals surface area contributed by atoms with Crippen LogP contribution in [0.2, 0.25) is 0 Å². The van der Waals surface area contributed by atoms with E-state index in [0.717, 1.165) is 0 Å². The topological polar surface area (TPSA) is 64.1 Å². The lowest BCUT2D eigenvalue weighted by atomic mass is 10.2. The fraction of sp³-hybridized carbons (Fsp3) is 0.100. The molecule has 2 aromatic heterocycles. The van der Waals surface area contributed by atoms with Crippen LogP contribution in [0, 0.1) is 0 Å². The van der Waals surface area contributed by atoms with E-state index in [1.807, 2.05) is 0 Å². The van der Waals surface area contributed by atoms with Gasteiger partial charge in [0.2, 0.25) is 5.88 Å². The summed E-state index contributed by atoms with van der Waals surface area (Å²) in [5.74, 6) is 0.0245. The Morgan fingerprint density at radius 1 is 1.44 bits per heavy atom. The normalized spacial score (nSPS) is 9.81. The molecule has 0 aliphatic heterocycles. The highest BCUT2D eigenvalue weighted by Crippen LogP contribution is 2.17. The Bertz CT molecular complexity index is 485. The van der Waals surface area contributed by atoms with Gasteiger partial charge in [-0.05, 0) is 12.1 Å². The molecule has 2 aromatic rings. The summed E-state index contributed by atoms with van der Waals surface area (Å²) in [6.07, 6.45) is 3.19. The van der Waals surface area contributed by atoms with Crippen molar-refractivity contribution in [1.82, 2.24) is 9.97 Å². The molecule has 0 radical (unpaired) electrons. The first-order valence-corrected chi connectivity index (χ1v) is 5.39. The van der Waals surface area contributed by atoms with E-state index in [2.05, 4.69) is 15.3 Å². The number of nitrogens with zero attached hydrogens (tertiary/aromatic N) is 2. The number of aromatic nitrogens is 2. The van der Waals surface area contributed by atoms with Crippen molar-refractivity contribution in [3.63, 3.8) is 0 Å². The minimum atomic E-state index is -0.278. The van der Waals surface area contributed by atoms with Crippen molar-refractivity contribution in [1.29, 1.82) is 0 Å². The molecule has 1 N–H and O–H groups in total. The number of thiazole rings is 1. The zero-order valence-corrected chi connectivity index (χ0v) is 9.32. The summed E-state index contributed by atoms with van der Waals surface area (Å²) in [4.78, 5) is 19.7. The van der Waals surface area contributed by atoms with Crippen molar-refractivity contribution >= 4 is 22.4 Å². The smallest absolute Gasteiger partial charge is 0.262 e. The van der Waals surface area contributed by atoms with Gasteiger partial charge >= 0.3 is 0 Å². The van der Waals surface area contributed by atoms with Crippen LogP contribution in [0.1, 0.15) is 10.4 Å². The number of methoxy groups -OCH3 is 1. The lowest BCUT2D eigenvalue weighted by Gasteiger charge is -2.05. The maximum Gasteiger partial charge on any atom is 0.262 e. The van der Waals surface area contributed by atoms with E-state index in [1.165, 1.54) is 18.4 Å². The molecule has 0 aromatic carbocycles. The maximum atomic E-state index is 11.8. The van der Waals surface area contributed by atoms with Crippen LogP contribution in [0.15, 0.2) is 29.9 Å². The first-order chi connectivity index (χ1) is 7.81. The number of rotatable bonds is 3. The molecule has 0 saturated heterocycles. The van der Waals surface area contributed by atoms with Crippen LogP contribution in [0.3, 0.4) is 0 Å². The Labute approximate surface area is 96.1 Å². The second-order valence-electron chi connectivity index (χ2n) is 2.85. The predicted octanol–water partition coefficient (Wildman–Crippen LogP) is 1.80. The Kier molecular flexibility index (Phi) is 3.11. The summed E-state index contributed by atoms with van der Waals surface area (Å²) in [5.41, 5.74) is 0.389. The van der Waals surface area contributed by atoms with Gasteiger partial charge in [0.25, 0.3) is 5.91 Å². The largest absolute Gasteiger partial charge is 0.480 e. The Hall–Kier alpha value is -1.95. The summed E-state index contributed by atoms with van der Waals surface area (Å²) in [7, 11) is 1.47. The maximum absolute atomic E-state index is 11.8. The number of carbonyl (C=O) groups is 1. The lowest BCUT2D eigenvalue weighted by molar-refractivity contribution is 0.102. The number of hydrogen-bond acceptors (Lipinski definition) is 5. The van der Waals surface area contributed by atoms with Gasteiger partial charge in [0.05, 0.1) is 7.11 Å². The van der Waals surface area contributed by atoms with Gasteiger partial charge < -0.3 is 4.74 Å². The molecule has 0 bridgehead atoms. The summed E-state index contributed by atoms with van der Waals surface area (Å²) in [6, 6.07) is 3.33. The van der Waals surface area contributed by atoms with Crippen molar-refractivity contribution < 1.29 is 9.53 Å². The molecule has 2 rings (SSSR count). The zero-order valence-electron chi connectivity index (χ0n) is 8.51. The van der Waals surface area contributed by atoms with Crippen molar-refractivity contribution in [3.8, 4) is 5.88 Å². The van der Waals surface area contributed by atoms with Gasteiger partial charge in [-0.15, -0.1) is 11.3 Å². The van der Waals surface area contributed by atoms with Crippen LogP contribution in [0.5, 0.6) is 5.88 Å². The van der Waals surface area contributed by atoms with Crippen LogP contribution in [-0.2, 0) is 0 Å². The van der Waals surface area contributed by atoms with Crippen LogP contribution >= 0.6 is 11.3 Å². The molecule has 16 heavy (non-hydrogen) atoms. The van der Waals surface area contributed by atoms with Crippen molar-refractivity contribution in [2.24, 2.45) is 0 Å². The molecular weight excluding hydrogens is 226 g/mol. The molecular formula is C10H9N3O2S. The van der Waals surface area contributed by atoms with Gasteiger partial charge in [-0.25, -0.2) is 9.97 Å². The third-order valence-corrected chi connectivity index (χ3v) is 2.55. The molecule has 0 aliphatic rings. The minimum Gasteiger partial charge on any atom is -0.480 e. The molecule has 0 aliphatic carbocycles. The summed E-state index contributed by atoms with van der Waals surface area (Å²) < 4.78 is 5.00. The summed E-state index contributed by atoms with van der Waals surface area (Å²) >= 11 is 1.36. The highest BCUT2D eigenvalue weighted by molar-refractivity contribution is 7.13. The Balaban J connectivity index is 2.21. The van der Waals surface area contributed by atoms with Crippen molar-refractivity contribution in [2.45, 2.75) is 0 Å². The molecule has 2 heterocycles. The average molecular weight is 235 g/mol. The third kappa shape index (κ3) is 2.17. The molecule has 0 unspecified atom stereocenters. The van der Waals surface area contributed by atoms with E-state index in [0.29, 0.717) is 16.6 Å². The van der Waals surface area contributed by atoms with E-state index in [9.17, 15) is 4.79 Å². The quantitative estimate of drug-likeness (QED) is 0.881. The number of anilines is 1. The van der Waals surface area contributed by atoms with E-state index >= 15 is 0 Å². The third-order valence-electron chi connectivity index (χ3n) is 1.86. The van der Waals surface area contributed by atoms with E-state index < -0.39 is 0 Å². The van der Waals surface area contributed by atoms with Gasteiger partial charge in [-0.3, -0.25) is 10.1 Å². The molecule has 0 saturated carbocycles. The van der Waals surface area contributed by atoms with Gasteiger partial charge in [0.1, 0.15) is 5.56 Å². The van der Waals surface area contributed by atoms with Gasteiger partial charge in [0.15, 0.2) is 5.13 Å². The molecule has 0 spiro atoms. The van der Waals surface area contributed by atoms with Gasteiger partial charge in [-0.2, -0.15) is 0 Å². The molecule has 6 heteroatoms. The van der Waals surface area contributed by atoms with Crippen LogP contribution < -0.4 is 10.1 Å². The molecule has 5 nitrogen and oxygen atoms in total. The Morgan fingerprint density at radius 2 is 2.31 bits per heavy atom. The second kappa shape index (κ2) is 4.71. The van der Waals surface area contributed by atoms with Gasteiger partial charge in [0, 0.05) is 17.8 Å². The monoisotopic (exact) mass is 235 g/mol. The van der Waals surface area contributed by atoms with Gasteiger partial charge in [-0.1, -0.05) is 0 Å². The van der Waals surface area contributed by atoms with E-state index in [1.54, 1.807) is 29.9 Å². The minimum absolute atomic E-state index is 0.278. The average Bonchev–Trinajstić information content (AvgIpc) is 2.81. The number of amides is 1. The van der Waals surface area contributed by atoms with Crippen LogP contribution in [0.25, 0.3) is 0 Å². The fourth-order valence-electron chi connectivity index (χ4n) is 1.18. The van der Waals surface area contributed by atoms with Crippen LogP contribution in [-0.4, -0.2) is 23.0 Å². The predicted molar refractivity (Wildman–Crippen MR) is 60.9 cm³/mol. The highest BCUT2D eigenvalue weighted by atomic mass is 32.1. The number of nitrogens with one attached hydrogen (secondary N) is 1. The molecule has 0 fully saturated rings. The molecule has 0 atom stereocenters. The number of ether oxygens (including phenoxy) is 1. The zero-order chi connectivity index (χ0) is 11.4. The first-order valence-electron chi connectivity index (χ1n) is 4.51. The SMILES string of the molecule is COc1ncccc1C(=O)Nc1nccs1. The number of carbonyl (C=O) groups excluding carboxylic acids is 1. The van der Waals surface area contributed by atoms with E-state index in [-0.39, 0.29) is 5.91 Å². The highest BCUT2D eigenvalue weighted by Gasteiger charge is 2.13. The Morgan fingerprint density at radius 3 is 3.00 bits per heavy atom. The summed E-state index contributed by atoms with van der Waals surface area (Å²) in [6.45, 7) is 0. The first kappa shape index (κ1) is 10.6. The van der Waals surface area contributed by atoms with Crippen LogP contribution in [0.4, 0.5) is 5.13 Å². The molecule has 82 valence electrons.